The van der Waals surface area contributed by atoms with Crippen LogP contribution in [0, 0.1) is 5.92 Å². The number of anilines is 1. The van der Waals surface area contributed by atoms with E-state index in [9.17, 15) is 27.4 Å². The number of aromatic nitrogens is 1. The molecular formula is C52H60N8O10S2. The minimum absolute atomic E-state index is 0.0170. The van der Waals surface area contributed by atoms with Crippen LogP contribution >= 0.6 is 11.3 Å². The molecule has 3 aliphatic rings. The molecule has 72 heavy (non-hydrogen) atoms. The molecule has 0 spiro atoms. The Bertz CT molecular complexity index is 2810. The van der Waals surface area contributed by atoms with Crippen LogP contribution in [0.2, 0.25) is 0 Å². The maximum absolute atomic E-state index is 14.3. The zero-order valence-electron chi connectivity index (χ0n) is 40.9. The van der Waals surface area contributed by atoms with E-state index in [4.69, 9.17) is 30.0 Å². The predicted molar refractivity (Wildman–Crippen MR) is 273 cm³/mol. The van der Waals surface area contributed by atoms with Gasteiger partial charge in [-0.25, -0.2) is 14.8 Å². The lowest BCUT2D eigenvalue weighted by molar-refractivity contribution is -0.228. The number of hydrogen-bond donors (Lipinski definition) is 3. The molecule has 0 bridgehead atoms. The lowest BCUT2D eigenvalue weighted by atomic mass is 9.74. The molecule has 5 aromatic rings. The van der Waals surface area contributed by atoms with Crippen LogP contribution in [0.3, 0.4) is 0 Å². The Labute approximate surface area is 423 Å². The number of fused-ring (bicyclic) bond motifs is 1. The van der Waals surface area contributed by atoms with Gasteiger partial charge in [0.1, 0.15) is 29.2 Å². The van der Waals surface area contributed by atoms with Crippen LogP contribution in [-0.2, 0) is 52.4 Å². The number of guanidine groups is 1. The standard InChI is InChI=1S/C52H60N8O10S2/c1-50(2,3)69-49(63)58-27-24-40(25-28-58)54-47(53)59-26-23-35-31-41(22-21-36(35)33-59)67-29-30-68-57-45(44(61)32-42-46(62)60(51(42,4)5)70-72(64,65)66)43-34-71-48(55-43)56-52(37-15-9-6-10-16-37,38-17-11-7-12-18-38)39-19-13-8-14-20-39/h6-22,31,34,40,42H,23-30,32-33H2,1-5H3,(H2,53,54)(H,55,56)(H,64,65,66)/b57-45-/t42-/m1/s1. The van der Waals surface area contributed by atoms with Crippen LogP contribution in [0.4, 0.5) is 9.93 Å². The van der Waals surface area contributed by atoms with Crippen molar-refractivity contribution in [2.45, 2.75) is 89.6 Å². The van der Waals surface area contributed by atoms with E-state index in [1.807, 2.05) is 130 Å². The van der Waals surface area contributed by atoms with E-state index in [1.165, 1.54) is 25.2 Å². The number of carbonyl (C=O) groups excluding carboxylic acids is 3. The molecule has 4 aromatic carbocycles. The van der Waals surface area contributed by atoms with Crippen molar-refractivity contribution in [1.82, 2.24) is 19.8 Å². The number of carbonyl (C=O) groups is 3. The van der Waals surface area contributed by atoms with E-state index in [1.54, 1.807) is 10.3 Å². The number of aliphatic imine (C=N–C) groups is 1. The highest BCUT2D eigenvalue weighted by Gasteiger charge is 2.57. The minimum Gasteiger partial charge on any atom is -0.490 e. The number of β-lactam (4-membered cyclic amide) rings is 1. The third-order valence-electron chi connectivity index (χ3n) is 12.9. The maximum Gasteiger partial charge on any atom is 0.418 e. The first kappa shape index (κ1) is 51.5. The highest BCUT2D eigenvalue weighted by molar-refractivity contribution is 7.80. The molecule has 4 N–H and O–H groups in total. The van der Waals surface area contributed by atoms with Crippen LogP contribution in [0.1, 0.15) is 87.4 Å². The van der Waals surface area contributed by atoms with Crippen molar-refractivity contribution in [3.8, 4) is 5.75 Å². The second-order valence-corrected chi connectivity index (χ2v) is 21.3. The molecule has 2 saturated heterocycles. The van der Waals surface area contributed by atoms with E-state index < -0.39 is 51.1 Å². The number of amides is 2. The van der Waals surface area contributed by atoms with Crippen molar-refractivity contribution in [3.05, 3.63) is 148 Å². The maximum atomic E-state index is 14.3. The highest BCUT2D eigenvalue weighted by Crippen LogP contribution is 2.42. The van der Waals surface area contributed by atoms with Crippen LogP contribution in [0.5, 0.6) is 5.75 Å². The molecule has 1 atom stereocenters. The lowest BCUT2D eigenvalue weighted by Crippen LogP contribution is -2.68. The summed E-state index contributed by atoms with van der Waals surface area (Å²) in [5.41, 5.74) is 8.84. The monoisotopic (exact) mass is 1020 g/mol. The molecular weight excluding hydrogens is 961 g/mol. The van der Waals surface area contributed by atoms with Gasteiger partial charge in [0.05, 0.1) is 17.5 Å². The molecule has 1 aromatic heterocycles. The molecule has 380 valence electrons. The van der Waals surface area contributed by atoms with Gasteiger partial charge in [0.25, 0.3) is 5.91 Å². The minimum atomic E-state index is -5.00. The van der Waals surface area contributed by atoms with Gasteiger partial charge in [0, 0.05) is 38.0 Å². The van der Waals surface area contributed by atoms with Gasteiger partial charge in [-0.05, 0) is 93.8 Å². The summed E-state index contributed by atoms with van der Waals surface area (Å²) in [5.74, 6) is -1.31. The second-order valence-electron chi connectivity index (χ2n) is 19.4. The molecule has 0 radical (unpaired) electrons. The number of Topliss-reactive ketones (excluding diaryl/α,β-unsaturated/α-hetero) is 1. The van der Waals surface area contributed by atoms with Crippen LogP contribution in [0.25, 0.3) is 0 Å². The summed E-state index contributed by atoms with van der Waals surface area (Å²) < 4.78 is 48.5. The summed E-state index contributed by atoms with van der Waals surface area (Å²) in [5, 5.41) is 10.7. The van der Waals surface area contributed by atoms with Crippen molar-refractivity contribution in [2.24, 2.45) is 21.8 Å². The van der Waals surface area contributed by atoms with Gasteiger partial charge in [-0.15, -0.1) is 15.6 Å². The first-order valence-corrected chi connectivity index (χ1v) is 26.0. The zero-order chi connectivity index (χ0) is 51.3. The average Bonchev–Trinajstić information content (AvgIpc) is 3.82. The number of rotatable bonds is 17. The molecule has 2 amide bonds. The zero-order valence-corrected chi connectivity index (χ0v) is 42.5. The fraction of sp³-hybridized carbons (Fsp3) is 0.385. The highest BCUT2D eigenvalue weighted by atomic mass is 32.3. The number of oxime groups is 1. The number of nitrogens with one attached hydrogen (secondary N) is 1. The van der Waals surface area contributed by atoms with Gasteiger partial charge in [-0.3, -0.25) is 14.1 Å². The molecule has 0 saturated carbocycles. The SMILES string of the molecule is CC(C)(C)OC(=O)N1CCC(N=C(N)N2CCc3cc(OCCO/N=C(\C(=O)C[C@@H]4C(=O)N(OS(=O)(=O)O)C4(C)C)c4csc(NC(c5ccccc5)(c5ccccc5)c5ccccc5)n4)ccc3C2)CC1. The average molecular weight is 1020 g/mol. The number of ketones is 1. The first-order chi connectivity index (χ1) is 34.3. The number of nitrogens with two attached hydrogens (primary N) is 1. The second kappa shape index (κ2) is 21.5. The number of hydrogen-bond acceptors (Lipinski definition) is 14. The molecule has 8 rings (SSSR count). The molecule has 3 aliphatic heterocycles. The van der Waals surface area contributed by atoms with Crippen molar-refractivity contribution < 1.29 is 45.9 Å². The molecule has 4 heterocycles. The van der Waals surface area contributed by atoms with Crippen molar-refractivity contribution in [3.63, 3.8) is 0 Å². The number of benzene rings is 4. The summed E-state index contributed by atoms with van der Waals surface area (Å²) in [7, 11) is -5.00. The predicted octanol–water partition coefficient (Wildman–Crippen LogP) is 7.35. The number of ether oxygens (including phenoxy) is 2. The number of nitrogens with zero attached hydrogens (tertiary/aromatic N) is 6. The van der Waals surface area contributed by atoms with Crippen molar-refractivity contribution in [2.75, 3.05) is 38.2 Å². The van der Waals surface area contributed by atoms with Crippen molar-refractivity contribution in [1.29, 1.82) is 0 Å². The molecule has 2 fully saturated rings. The third kappa shape index (κ3) is 11.9. The van der Waals surface area contributed by atoms with Gasteiger partial charge in [0.15, 0.2) is 29.2 Å². The van der Waals surface area contributed by atoms with Crippen LogP contribution in [0.15, 0.2) is 125 Å². The quantitative estimate of drug-likeness (QED) is 0.0157. The number of hydroxylamine groups is 2. The largest absolute Gasteiger partial charge is 0.490 e. The van der Waals surface area contributed by atoms with Gasteiger partial charge in [-0.2, -0.15) is 13.5 Å². The Balaban J connectivity index is 0.953. The summed E-state index contributed by atoms with van der Waals surface area (Å²) >= 11 is 1.26. The van der Waals surface area contributed by atoms with E-state index in [0.717, 1.165) is 34.2 Å². The summed E-state index contributed by atoms with van der Waals surface area (Å²) in [6.07, 6.45) is 1.43. The van der Waals surface area contributed by atoms with Crippen LogP contribution in [-0.4, -0.2) is 112 Å². The Kier molecular flexibility index (Phi) is 15.3. The smallest absolute Gasteiger partial charge is 0.418 e. The molecule has 20 heteroatoms. The Morgan fingerprint density at radius 1 is 0.875 bits per heavy atom. The van der Waals surface area contributed by atoms with Crippen LogP contribution < -0.4 is 15.8 Å². The summed E-state index contributed by atoms with van der Waals surface area (Å²) in [6.45, 7) is 11.0. The Morgan fingerprint density at radius 2 is 1.49 bits per heavy atom. The summed E-state index contributed by atoms with van der Waals surface area (Å²) in [4.78, 5) is 59.2. The normalized spacial score (nSPS) is 17.7. The van der Waals surface area contributed by atoms with E-state index in [0.29, 0.717) is 60.9 Å². The third-order valence-corrected chi connectivity index (χ3v) is 14.0. The Hall–Kier alpha value is -6.87. The van der Waals surface area contributed by atoms with Gasteiger partial charge in [0.2, 0.25) is 0 Å². The Morgan fingerprint density at radius 3 is 2.06 bits per heavy atom. The van der Waals surface area contributed by atoms with E-state index >= 15 is 0 Å². The molecule has 0 aliphatic carbocycles. The van der Waals surface area contributed by atoms with E-state index in [2.05, 4.69) is 19.7 Å². The summed E-state index contributed by atoms with van der Waals surface area (Å²) in [6, 6.07) is 35.8. The first-order valence-electron chi connectivity index (χ1n) is 23.8. The molecule has 18 nitrogen and oxygen atoms in total. The number of piperidine rings is 1. The lowest BCUT2D eigenvalue weighted by Gasteiger charge is -2.50. The van der Waals surface area contributed by atoms with Crippen molar-refractivity contribution >= 4 is 56.3 Å². The fourth-order valence-electron chi connectivity index (χ4n) is 9.17. The number of likely N-dealkylation sites (tertiary alicyclic amines) is 1. The van der Waals surface area contributed by atoms with E-state index in [-0.39, 0.29) is 36.8 Å². The van der Waals surface area contributed by atoms with Gasteiger partial charge >= 0.3 is 16.5 Å². The van der Waals surface area contributed by atoms with Gasteiger partial charge < -0.3 is 35.2 Å². The number of thiazole rings is 1. The van der Waals surface area contributed by atoms with Gasteiger partial charge in [-0.1, -0.05) is 102 Å². The molecule has 0 unspecified atom stereocenters. The topological polar surface area (TPSA) is 228 Å². The fourth-order valence-corrected chi connectivity index (χ4v) is 10.4.